The Balaban J connectivity index is 2.78. The Morgan fingerprint density at radius 2 is 1.67 bits per heavy atom. The van der Waals surface area contributed by atoms with Crippen LogP contribution in [0.25, 0.3) is 0 Å². The van der Waals surface area contributed by atoms with Crippen molar-refractivity contribution in [3.05, 3.63) is 35.9 Å². The Labute approximate surface area is 109 Å². The van der Waals surface area contributed by atoms with Crippen LogP contribution in [-0.2, 0) is 4.79 Å². The maximum absolute atomic E-state index is 12.2. The third kappa shape index (κ3) is 3.33. The van der Waals surface area contributed by atoms with Crippen LogP contribution in [0.2, 0.25) is 0 Å². The van der Waals surface area contributed by atoms with E-state index in [1.54, 1.807) is 13.8 Å². The molecule has 0 spiro atoms. The molecule has 0 aromatic heterocycles. The van der Waals surface area contributed by atoms with Crippen LogP contribution in [0.5, 0.6) is 0 Å². The van der Waals surface area contributed by atoms with E-state index >= 15 is 0 Å². The molecule has 3 nitrogen and oxygen atoms in total. The minimum Gasteiger partial charge on any atom is -0.388 e. The number of rotatable bonds is 4. The zero-order valence-electron chi connectivity index (χ0n) is 11.8. The summed E-state index contributed by atoms with van der Waals surface area (Å²) in [6.45, 7) is 8.90. The summed E-state index contributed by atoms with van der Waals surface area (Å²) in [5.41, 5.74) is -0.673. The minimum atomic E-state index is -0.973. The average molecular weight is 249 g/mol. The van der Waals surface area contributed by atoms with E-state index in [1.165, 1.54) is 0 Å². The third-order valence-corrected chi connectivity index (χ3v) is 3.66. The number of carbonyl (C=O) groups excluding carboxylic acids is 1. The molecule has 0 heterocycles. The predicted octanol–water partition coefficient (Wildman–Crippen LogP) is 2.46. The lowest BCUT2D eigenvalue weighted by Gasteiger charge is -2.38. The number of aliphatic hydroxyl groups is 1. The van der Waals surface area contributed by atoms with Crippen molar-refractivity contribution in [3.63, 3.8) is 0 Å². The smallest absolute Gasteiger partial charge is 0.227 e. The second-order valence-corrected chi connectivity index (χ2v) is 5.81. The Kier molecular flexibility index (Phi) is 4.17. The number of benzene rings is 1. The summed E-state index contributed by atoms with van der Waals surface area (Å²) < 4.78 is 0. The lowest BCUT2D eigenvalue weighted by Crippen LogP contribution is -2.58. The molecule has 2 N–H and O–H groups in total. The molecule has 18 heavy (non-hydrogen) atoms. The summed E-state index contributed by atoms with van der Waals surface area (Å²) in [4.78, 5) is 12.2. The number of hydrogen-bond donors (Lipinski definition) is 2. The summed E-state index contributed by atoms with van der Waals surface area (Å²) in [7, 11) is 0. The first kappa shape index (κ1) is 14.7. The molecule has 1 atom stereocenters. The van der Waals surface area contributed by atoms with Crippen LogP contribution in [0.15, 0.2) is 30.3 Å². The van der Waals surface area contributed by atoms with Crippen molar-refractivity contribution in [3.8, 4) is 0 Å². The van der Waals surface area contributed by atoms with Gasteiger partial charge in [0, 0.05) is 0 Å². The second-order valence-electron chi connectivity index (χ2n) is 5.81. The lowest BCUT2D eigenvalue weighted by molar-refractivity contribution is -0.127. The molecule has 0 aliphatic carbocycles. The summed E-state index contributed by atoms with van der Waals surface area (Å²) >= 11 is 0. The molecule has 1 unspecified atom stereocenters. The summed E-state index contributed by atoms with van der Waals surface area (Å²) in [5, 5.41) is 12.9. The van der Waals surface area contributed by atoms with Crippen LogP contribution in [0.1, 0.15) is 46.1 Å². The molecule has 0 aliphatic rings. The standard InChI is InChI=1S/C15H23NO2/c1-11(12-9-7-6-8-10-12)13(17)16-14(2,3)15(4,5)18/h6-11,18H,1-5H3,(H,16,17). The van der Waals surface area contributed by atoms with Gasteiger partial charge in [0.25, 0.3) is 0 Å². The van der Waals surface area contributed by atoms with Gasteiger partial charge in [-0.15, -0.1) is 0 Å². The van der Waals surface area contributed by atoms with Gasteiger partial charge in [0.1, 0.15) is 0 Å². The van der Waals surface area contributed by atoms with E-state index in [0.29, 0.717) is 0 Å². The van der Waals surface area contributed by atoms with Crippen molar-refractivity contribution >= 4 is 5.91 Å². The molecule has 0 radical (unpaired) electrons. The van der Waals surface area contributed by atoms with E-state index in [0.717, 1.165) is 5.56 Å². The Bertz CT molecular complexity index is 404. The Morgan fingerprint density at radius 1 is 1.17 bits per heavy atom. The van der Waals surface area contributed by atoms with E-state index < -0.39 is 11.1 Å². The largest absolute Gasteiger partial charge is 0.388 e. The highest BCUT2D eigenvalue weighted by molar-refractivity contribution is 5.83. The highest BCUT2D eigenvalue weighted by Crippen LogP contribution is 2.23. The first-order valence-electron chi connectivity index (χ1n) is 6.24. The molecule has 0 fully saturated rings. The fraction of sp³-hybridized carbons (Fsp3) is 0.533. The Morgan fingerprint density at radius 3 is 2.11 bits per heavy atom. The van der Waals surface area contributed by atoms with Crippen molar-refractivity contribution in [2.75, 3.05) is 0 Å². The maximum Gasteiger partial charge on any atom is 0.227 e. The summed E-state index contributed by atoms with van der Waals surface area (Å²) in [6.07, 6.45) is 0. The van der Waals surface area contributed by atoms with Gasteiger partial charge < -0.3 is 10.4 Å². The van der Waals surface area contributed by atoms with Gasteiger partial charge in [-0.05, 0) is 40.2 Å². The van der Waals surface area contributed by atoms with Crippen molar-refractivity contribution in [1.82, 2.24) is 5.32 Å². The zero-order chi connectivity index (χ0) is 14.0. The second kappa shape index (κ2) is 5.11. The van der Waals surface area contributed by atoms with Crippen molar-refractivity contribution in [2.45, 2.75) is 51.7 Å². The third-order valence-electron chi connectivity index (χ3n) is 3.66. The van der Waals surface area contributed by atoms with Crippen LogP contribution in [0.3, 0.4) is 0 Å². The topological polar surface area (TPSA) is 49.3 Å². The fourth-order valence-electron chi connectivity index (χ4n) is 1.46. The monoisotopic (exact) mass is 249 g/mol. The normalized spacial score (nSPS) is 14.1. The van der Waals surface area contributed by atoms with Crippen molar-refractivity contribution < 1.29 is 9.90 Å². The molecule has 1 rings (SSSR count). The first-order valence-corrected chi connectivity index (χ1v) is 6.24. The van der Waals surface area contributed by atoms with Gasteiger partial charge in [-0.2, -0.15) is 0 Å². The zero-order valence-corrected chi connectivity index (χ0v) is 11.8. The van der Waals surface area contributed by atoms with Crippen molar-refractivity contribution in [1.29, 1.82) is 0 Å². The molecular weight excluding hydrogens is 226 g/mol. The van der Waals surface area contributed by atoms with Gasteiger partial charge in [0.2, 0.25) is 5.91 Å². The van der Waals surface area contributed by atoms with Crippen LogP contribution in [0, 0.1) is 0 Å². The molecule has 0 saturated heterocycles. The quantitative estimate of drug-likeness (QED) is 0.861. The first-order chi connectivity index (χ1) is 8.15. The SMILES string of the molecule is CC(C(=O)NC(C)(C)C(C)(C)O)c1ccccc1. The molecule has 100 valence electrons. The van der Waals surface area contributed by atoms with Gasteiger partial charge in [-0.3, -0.25) is 4.79 Å². The molecule has 0 aliphatic heterocycles. The summed E-state index contributed by atoms with van der Waals surface area (Å²) in [5.74, 6) is -0.304. The highest BCUT2D eigenvalue weighted by Gasteiger charge is 2.37. The highest BCUT2D eigenvalue weighted by atomic mass is 16.3. The van der Waals surface area contributed by atoms with Crippen LogP contribution in [0.4, 0.5) is 0 Å². The van der Waals surface area contributed by atoms with E-state index in [2.05, 4.69) is 5.32 Å². The van der Waals surface area contributed by atoms with E-state index in [4.69, 9.17) is 0 Å². The van der Waals surface area contributed by atoms with E-state index in [9.17, 15) is 9.90 Å². The van der Waals surface area contributed by atoms with Crippen LogP contribution in [-0.4, -0.2) is 22.2 Å². The summed E-state index contributed by atoms with van der Waals surface area (Å²) in [6, 6.07) is 9.62. The number of hydrogen-bond acceptors (Lipinski definition) is 2. The predicted molar refractivity (Wildman–Crippen MR) is 73.4 cm³/mol. The van der Waals surface area contributed by atoms with Gasteiger partial charge in [0.15, 0.2) is 0 Å². The van der Waals surface area contributed by atoms with E-state index in [-0.39, 0.29) is 11.8 Å². The van der Waals surface area contributed by atoms with Gasteiger partial charge in [-0.25, -0.2) is 0 Å². The number of amides is 1. The van der Waals surface area contributed by atoms with Crippen LogP contribution >= 0.6 is 0 Å². The molecular formula is C15H23NO2. The van der Waals surface area contributed by atoms with Crippen LogP contribution < -0.4 is 5.32 Å². The average Bonchev–Trinajstić information content (AvgIpc) is 2.27. The van der Waals surface area contributed by atoms with Gasteiger partial charge in [-0.1, -0.05) is 30.3 Å². The molecule has 1 aromatic rings. The minimum absolute atomic E-state index is 0.0756. The van der Waals surface area contributed by atoms with Crippen molar-refractivity contribution in [2.24, 2.45) is 0 Å². The molecule has 0 saturated carbocycles. The molecule has 0 bridgehead atoms. The number of nitrogens with one attached hydrogen (secondary N) is 1. The van der Waals surface area contributed by atoms with Gasteiger partial charge >= 0.3 is 0 Å². The van der Waals surface area contributed by atoms with Gasteiger partial charge in [0.05, 0.1) is 17.1 Å². The molecule has 1 amide bonds. The lowest BCUT2D eigenvalue weighted by atomic mass is 9.85. The Hall–Kier alpha value is -1.35. The molecule has 3 heteroatoms. The maximum atomic E-state index is 12.2. The molecule has 1 aromatic carbocycles. The van der Waals surface area contributed by atoms with E-state index in [1.807, 2.05) is 51.1 Å². The number of carbonyl (C=O) groups is 1. The fourth-order valence-corrected chi connectivity index (χ4v) is 1.46.